The van der Waals surface area contributed by atoms with E-state index in [1.54, 1.807) is 0 Å². The highest BCUT2D eigenvalue weighted by Crippen LogP contribution is 2.19. The minimum atomic E-state index is 0.340. The lowest BCUT2D eigenvalue weighted by Gasteiger charge is -2.45. The van der Waals surface area contributed by atoms with Crippen LogP contribution in [0, 0.1) is 0 Å². The van der Waals surface area contributed by atoms with Gasteiger partial charge in [0, 0.05) is 49.3 Å². The fourth-order valence-electron chi connectivity index (χ4n) is 2.68. The summed E-state index contributed by atoms with van der Waals surface area (Å²) in [6, 6.07) is 0.747. The van der Waals surface area contributed by atoms with E-state index in [0.29, 0.717) is 5.54 Å². The van der Waals surface area contributed by atoms with E-state index >= 15 is 0 Å². The van der Waals surface area contributed by atoms with Gasteiger partial charge in [0.25, 0.3) is 0 Å². The van der Waals surface area contributed by atoms with Crippen molar-refractivity contribution in [1.82, 2.24) is 15.1 Å². The van der Waals surface area contributed by atoms with Gasteiger partial charge >= 0.3 is 0 Å². The molecule has 1 unspecified atom stereocenters. The molecule has 0 bridgehead atoms. The Bertz CT molecular complexity index is 239. The number of nitrogens with zero attached hydrogens (tertiary/aromatic N) is 2. The first-order valence-corrected chi connectivity index (χ1v) is 7.98. The van der Waals surface area contributed by atoms with E-state index in [9.17, 15) is 0 Å². The highest BCUT2D eigenvalue weighted by atomic mass is 32.2. The van der Waals surface area contributed by atoms with E-state index in [0.717, 1.165) is 6.04 Å². The fourth-order valence-corrected chi connectivity index (χ4v) is 3.67. The molecule has 2 fully saturated rings. The Balaban J connectivity index is 1.72. The molecule has 1 atom stereocenters. The molecule has 0 aliphatic carbocycles. The molecule has 2 rings (SSSR count). The Hall–Kier alpha value is 0.230. The van der Waals surface area contributed by atoms with Crippen molar-refractivity contribution in [1.29, 1.82) is 0 Å². The van der Waals surface area contributed by atoms with E-state index < -0.39 is 0 Å². The van der Waals surface area contributed by atoms with Crippen LogP contribution in [0.4, 0.5) is 0 Å². The fraction of sp³-hybridized carbons (Fsp3) is 1.00. The molecule has 2 aliphatic heterocycles. The lowest BCUT2D eigenvalue weighted by Crippen LogP contribution is -2.58. The van der Waals surface area contributed by atoms with E-state index in [1.165, 1.54) is 50.7 Å². The predicted octanol–water partition coefficient (Wildman–Crippen LogP) is 1.11. The van der Waals surface area contributed by atoms with Crippen LogP contribution in [-0.4, -0.2) is 72.7 Å². The zero-order valence-electron chi connectivity index (χ0n) is 11.5. The second-order valence-electron chi connectivity index (χ2n) is 6.02. The van der Waals surface area contributed by atoms with Crippen LogP contribution < -0.4 is 5.32 Å². The quantitative estimate of drug-likeness (QED) is 0.816. The number of likely N-dealkylation sites (N-methyl/N-ethyl adjacent to an activating group) is 1. The lowest BCUT2D eigenvalue weighted by atomic mass is 9.99. The zero-order valence-corrected chi connectivity index (χ0v) is 12.4. The van der Waals surface area contributed by atoms with Crippen LogP contribution in [0.2, 0.25) is 0 Å². The van der Waals surface area contributed by atoms with Crippen LogP contribution in [0.5, 0.6) is 0 Å². The molecule has 1 N–H and O–H groups in total. The number of hydrogen-bond acceptors (Lipinski definition) is 4. The molecule has 100 valence electrons. The molecular formula is C13H27N3S. The van der Waals surface area contributed by atoms with Crippen molar-refractivity contribution in [2.45, 2.75) is 31.8 Å². The minimum Gasteiger partial charge on any atom is -0.312 e. The van der Waals surface area contributed by atoms with Gasteiger partial charge in [0.15, 0.2) is 0 Å². The van der Waals surface area contributed by atoms with E-state index in [-0.39, 0.29) is 0 Å². The molecule has 0 amide bonds. The van der Waals surface area contributed by atoms with Crippen molar-refractivity contribution in [2.75, 3.05) is 51.3 Å². The van der Waals surface area contributed by atoms with Gasteiger partial charge in [0.1, 0.15) is 0 Å². The first kappa shape index (κ1) is 13.7. The third kappa shape index (κ3) is 3.85. The van der Waals surface area contributed by atoms with Crippen LogP contribution in [-0.2, 0) is 0 Å². The smallest absolute Gasteiger partial charge is 0.0277 e. The van der Waals surface area contributed by atoms with Crippen molar-refractivity contribution < 1.29 is 0 Å². The number of rotatable bonds is 3. The standard InChI is InChI=1S/C13H27N3S/c1-13(2)11-16(8-7-15(13)3)6-4-12-10-17-9-5-14-12/h12,14H,4-11H2,1-3H3. The van der Waals surface area contributed by atoms with Crippen molar-refractivity contribution in [3.63, 3.8) is 0 Å². The predicted molar refractivity (Wildman–Crippen MR) is 76.9 cm³/mol. The SMILES string of the molecule is CN1CCN(CCC2CSCCN2)CC1(C)C. The Morgan fingerprint density at radius 3 is 2.82 bits per heavy atom. The van der Waals surface area contributed by atoms with Crippen LogP contribution in [0.1, 0.15) is 20.3 Å². The largest absolute Gasteiger partial charge is 0.312 e. The summed E-state index contributed by atoms with van der Waals surface area (Å²) in [7, 11) is 2.25. The number of thioether (sulfide) groups is 1. The van der Waals surface area contributed by atoms with Gasteiger partial charge in [-0.3, -0.25) is 4.90 Å². The Kier molecular flexibility index (Phi) is 4.75. The summed E-state index contributed by atoms with van der Waals surface area (Å²) in [5.41, 5.74) is 0.340. The molecular weight excluding hydrogens is 230 g/mol. The summed E-state index contributed by atoms with van der Waals surface area (Å²) in [6.07, 6.45) is 1.31. The zero-order chi connectivity index (χ0) is 12.3. The Labute approximate surface area is 110 Å². The van der Waals surface area contributed by atoms with Gasteiger partial charge < -0.3 is 10.2 Å². The summed E-state index contributed by atoms with van der Waals surface area (Å²) < 4.78 is 0. The second kappa shape index (κ2) is 5.91. The molecule has 2 saturated heterocycles. The van der Waals surface area contributed by atoms with Gasteiger partial charge in [-0.25, -0.2) is 0 Å². The van der Waals surface area contributed by atoms with Gasteiger partial charge in [0.05, 0.1) is 0 Å². The molecule has 0 spiro atoms. The third-order valence-corrected chi connectivity index (χ3v) is 5.32. The Morgan fingerprint density at radius 1 is 1.35 bits per heavy atom. The van der Waals surface area contributed by atoms with E-state index in [4.69, 9.17) is 0 Å². The molecule has 0 aromatic heterocycles. The van der Waals surface area contributed by atoms with E-state index in [1.807, 2.05) is 0 Å². The minimum absolute atomic E-state index is 0.340. The molecule has 2 aliphatic rings. The maximum absolute atomic E-state index is 3.63. The van der Waals surface area contributed by atoms with E-state index in [2.05, 4.69) is 47.8 Å². The average molecular weight is 257 g/mol. The molecule has 4 heteroatoms. The monoisotopic (exact) mass is 257 g/mol. The Morgan fingerprint density at radius 2 is 2.18 bits per heavy atom. The highest BCUT2D eigenvalue weighted by Gasteiger charge is 2.30. The summed E-state index contributed by atoms with van der Waals surface area (Å²) in [5.74, 6) is 2.59. The average Bonchev–Trinajstić information content (AvgIpc) is 2.32. The third-order valence-electron chi connectivity index (χ3n) is 4.19. The molecule has 17 heavy (non-hydrogen) atoms. The maximum atomic E-state index is 3.63. The van der Waals surface area contributed by atoms with Crippen LogP contribution >= 0.6 is 11.8 Å². The molecule has 0 aromatic rings. The van der Waals surface area contributed by atoms with Gasteiger partial charge in [-0.15, -0.1) is 0 Å². The van der Waals surface area contributed by atoms with Gasteiger partial charge in [-0.05, 0) is 33.9 Å². The highest BCUT2D eigenvalue weighted by molar-refractivity contribution is 7.99. The summed E-state index contributed by atoms with van der Waals surface area (Å²) in [4.78, 5) is 5.12. The van der Waals surface area contributed by atoms with Crippen LogP contribution in [0.3, 0.4) is 0 Å². The van der Waals surface area contributed by atoms with Crippen LogP contribution in [0.15, 0.2) is 0 Å². The van der Waals surface area contributed by atoms with Gasteiger partial charge in [-0.2, -0.15) is 11.8 Å². The van der Waals surface area contributed by atoms with Crippen LogP contribution in [0.25, 0.3) is 0 Å². The summed E-state index contributed by atoms with van der Waals surface area (Å²) >= 11 is 2.10. The van der Waals surface area contributed by atoms with Gasteiger partial charge in [0.2, 0.25) is 0 Å². The molecule has 3 nitrogen and oxygen atoms in total. The first-order valence-electron chi connectivity index (χ1n) is 6.83. The first-order chi connectivity index (χ1) is 8.08. The van der Waals surface area contributed by atoms with Crippen molar-refractivity contribution in [2.24, 2.45) is 0 Å². The topological polar surface area (TPSA) is 18.5 Å². The van der Waals surface area contributed by atoms with Gasteiger partial charge in [-0.1, -0.05) is 0 Å². The van der Waals surface area contributed by atoms with Crippen molar-refractivity contribution in [3.05, 3.63) is 0 Å². The maximum Gasteiger partial charge on any atom is 0.0277 e. The molecule has 0 aromatic carbocycles. The molecule has 0 radical (unpaired) electrons. The summed E-state index contributed by atoms with van der Waals surface area (Å²) in [6.45, 7) is 10.8. The second-order valence-corrected chi connectivity index (χ2v) is 7.17. The van der Waals surface area contributed by atoms with Crippen molar-refractivity contribution in [3.8, 4) is 0 Å². The summed E-state index contributed by atoms with van der Waals surface area (Å²) in [5, 5.41) is 3.63. The lowest BCUT2D eigenvalue weighted by molar-refractivity contribution is 0.0385. The number of piperazine rings is 1. The molecule has 2 heterocycles. The molecule has 0 saturated carbocycles. The number of hydrogen-bond donors (Lipinski definition) is 1. The number of nitrogens with one attached hydrogen (secondary N) is 1. The van der Waals surface area contributed by atoms with Crippen molar-refractivity contribution >= 4 is 11.8 Å². The normalized spacial score (nSPS) is 31.6.